The molecule has 5 heteroatoms. The Bertz CT molecular complexity index is 355. The number of carboxylic acids is 1. The first-order valence-electron chi connectivity index (χ1n) is 4.03. The predicted octanol–water partition coefficient (Wildman–Crippen LogP) is 0.362. The average molecular weight is 198 g/mol. The summed E-state index contributed by atoms with van der Waals surface area (Å²) in [4.78, 5) is 10.4. The second kappa shape index (κ2) is 4.06. The molecule has 0 saturated heterocycles. The summed E-state index contributed by atoms with van der Waals surface area (Å²) in [5.41, 5.74) is 11.2. The first-order valence-corrected chi connectivity index (χ1v) is 4.03. The van der Waals surface area contributed by atoms with Gasteiger partial charge in [0.05, 0.1) is 5.69 Å². The Morgan fingerprint density at radius 3 is 2.71 bits per heavy atom. The van der Waals surface area contributed by atoms with Gasteiger partial charge in [-0.15, -0.1) is 0 Å². The number of carbonyl (C=O) groups is 1. The maximum atomic E-state index is 12.7. The zero-order valence-electron chi connectivity index (χ0n) is 7.40. The summed E-state index contributed by atoms with van der Waals surface area (Å²) >= 11 is 0. The lowest BCUT2D eigenvalue weighted by atomic mass is 10.1. The number of hydrogen-bond acceptors (Lipinski definition) is 3. The van der Waals surface area contributed by atoms with Crippen molar-refractivity contribution in [3.05, 3.63) is 29.6 Å². The maximum absolute atomic E-state index is 12.7. The van der Waals surface area contributed by atoms with Crippen LogP contribution in [0, 0.1) is 5.82 Å². The van der Waals surface area contributed by atoms with Crippen LogP contribution in [0.25, 0.3) is 0 Å². The molecule has 0 aromatic heterocycles. The number of benzene rings is 1. The maximum Gasteiger partial charge on any atom is 0.320 e. The van der Waals surface area contributed by atoms with Crippen molar-refractivity contribution in [2.24, 2.45) is 5.73 Å². The molecular weight excluding hydrogens is 187 g/mol. The molecule has 1 rings (SSSR count). The second-order valence-electron chi connectivity index (χ2n) is 3.00. The van der Waals surface area contributed by atoms with Crippen LogP contribution in [0.4, 0.5) is 10.1 Å². The number of nitrogen functional groups attached to an aromatic ring is 1. The molecule has 0 heterocycles. The van der Waals surface area contributed by atoms with E-state index in [0.29, 0.717) is 5.56 Å². The van der Waals surface area contributed by atoms with Crippen molar-refractivity contribution in [1.29, 1.82) is 0 Å². The highest BCUT2D eigenvalue weighted by Crippen LogP contribution is 2.13. The second-order valence-corrected chi connectivity index (χ2v) is 3.00. The van der Waals surface area contributed by atoms with E-state index in [2.05, 4.69) is 0 Å². The van der Waals surface area contributed by atoms with E-state index in [1.165, 1.54) is 18.2 Å². The van der Waals surface area contributed by atoms with Gasteiger partial charge in [0.1, 0.15) is 11.9 Å². The lowest BCUT2D eigenvalue weighted by Gasteiger charge is -2.07. The largest absolute Gasteiger partial charge is 0.480 e. The molecule has 76 valence electrons. The molecule has 1 aromatic carbocycles. The van der Waals surface area contributed by atoms with Gasteiger partial charge in [-0.1, -0.05) is 6.07 Å². The Balaban J connectivity index is 2.78. The van der Waals surface area contributed by atoms with Crippen LogP contribution >= 0.6 is 0 Å². The highest BCUT2D eigenvalue weighted by molar-refractivity contribution is 5.73. The van der Waals surface area contributed by atoms with Crippen LogP contribution in [-0.2, 0) is 11.2 Å². The van der Waals surface area contributed by atoms with E-state index < -0.39 is 17.8 Å². The van der Waals surface area contributed by atoms with E-state index in [0.717, 1.165) is 0 Å². The standard InChI is InChI=1S/C9H11FN2O2/c10-6-2-1-5(3-7(6)11)4-8(12)9(13)14/h1-3,8H,4,11-12H2,(H,13,14)/t8-/m1/s1. The van der Waals surface area contributed by atoms with E-state index in [1.54, 1.807) is 0 Å². The molecule has 14 heavy (non-hydrogen) atoms. The van der Waals surface area contributed by atoms with Crippen LogP contribution in [0.15, 0.2) is 18.2 Å². The van der Waals surface area contributed by atoms with Gasteiger partial charge in [-0.25, -0.2) is 4.39 Å². The third-order valence-corrected chi connectivity index (χ3v) is 1.83. The predicted molar refractivity (Wildman–Crippen MR) is 50.1 cm³/mol. The fourth-order valence-corrected chi connectivity index (χ4v) is 1.06. The monoisotopic (exact) mass is 198 g/mol. The van der Waals surface area contributed by atoms with Crippen molar-refractivity contribution in [2.45, 2.75) is 12.5 Å². The molecule has 5 N–H and O–H groups in total. The Hall–Kier alpha value is -1.62. The Morgan fingerprint density at radius 1 is 1.57 bits per heavy atom. The van der Waals surface area contributed by atoms with Crippen LogP contribution in [0.1, 0.15) is 5.56 Å². The van der Waals surface area contributed by atoms with Crippen molar-refractivity contribution in [3.8, 4) is 0 Å². The van der Waals surface area contributed by atoms with Crippen molar-refractivity contribution in [1.82, 2.24) is 0 Å². The minimum atomic E-state index is -1.09. The lowest BCUT2D eigenvalue weighted by molar-refractivity contribution is -0.138. The minimum absolute atomic E-state index is 0.0000822. The fourth-order valence-electron chi connectivity index (χ4n) is 1.06. The summed E-state index contributed by atoms with van der Waals surface area (Å²) in [7, 11) is 0. The summed E-state index contributed by atoms with van der Waals surface area (Å²) in [5.74, 6) is -1.61. The highest BCUT2D eigenvalue weighted by atomic mass is 19.1. The molecule has 0 unspecified atom stereocenters. The summed E-state index contributed by atoms with van der Waals surface area (Å²) in [6.07, 6.45) is 0.139. The van der Waals surface area contributed by atoms with Gasteiger partial charge in [-0.05, 0) is 24.1 Å². The number of anilines is 1. The molecule has 0 fully saturated rings. The fraction of sp³-hybridized carbons (Fsp3) is 0.222. The average Bonchev–Trinajstić information content (AvgIpc) is 2.11. The summed E-state index contributed by atoms with van der Waals surface area (Å²) in [6, 6.07) is 3.06. The van der Waals surface area contributed by atoms with Crippen LogP contribution < -0.4 is 11.5 Å². The molecule has 0 bridgehead atoms. The number of carboxylic acid groups (broad SMARTS) is 1. The summed E-state index contributed by atoms with van der Waals surface area (Å²) < 4.78 is 12.7. The molecule has 0 amide bonds. The topological polar surface area (TPSA) is 89.3 Å². The van der Waals surface area contributed by atoms with Crippen LogP contribution in [0.3, 0.4) is 0 Å². The third-order valence-electron chi connectivity index (χ3n) is 1.83. The number of hydrogen-bond donors (Lipinski definition) is 3. The van der Waals surface area contributed by atoms with Crippen LogP contribution in [-0.4, -0.2) is 17.1 Å². The normalized spacial score (nSPS) is 12.4. The molecule has 0 aliphatic heterocycles. The molecule has 4 nitrogen and oxygen atoms in total. The number of halogens is 1. The van der Waals surface area contributed by atoms with Gasteiger partial charge in [0.25, 0.3) is 0 Å². The molecule has 0 radical (unpaired) electrons. The van der Waals surface area contributed by atoms with Crippen molar-refractivity contribution in [3.63, 3.8) is 0 Å². The van der Waals surface area contributed by atoms with E-state index in [4.69, 9.17) is 16.6 Å². The highest BCUT2D eigenvalue weighted by Gasteiger charge is 2.12. The molecule has 1 atom stereocenters. The molecule has 0 saturated carbocycles. The van der Waals surface area contributed by atoms with Crippen molar-refractivity contribution >= 4 is 11.7 Å². The molecule has 0 spiro atoms. The van der Waals surface area contributed by atoms with Crippen molar-refractivity contribution in [2.75, 3.05) is 5.73 Å². The van der Waals surface area contributed by atoms with Crippen LogP contribution in [0.5, 0.6) is 0 Å². The Kier molecular flexibility index (Phi) is 3.03. The zero-order valence-corrected chi connectivity index (χ0v) is 7.40. The summed E-state index contributed by atoms with van der Waals surface area (Å²) in [6.45, 7) is 0. The lowest BCUT2D eigenvalue weighted by Crippen LogP contribution is -2.32. The minimum Gasteiger partial charge on any atom is -0.480 e. The Morgan fingerprint density at radius 2 is 2.21 bits per heavy atom. The van der Waals surface area contributed by atoms with Gasteiger partial charge in [0.2, 0.25) is 0 Å². The van der Waals surface area contributed by atoms with E-state index in [1.807, 2.05) is 0 Å². The first-order chi connectivity index (χ1) is 6.50. The molecule has 0 aliphatic rings. The van der Waals surface area contributed by atoms with Crippen LogP contribution in [0.2, 0.25) is 0 Å². The first kappa shape index (κ1) is 10.5. The van der Waals surface area contributed by atoms with E-state index in [9.17, 15) is 9.18 Å². The summed E-state index contributed by atoms with van der Waals surface area (Å²) in [5, 5.41) is 8.54. The van der Waals surface area contributed by atoms with Gasteiger partial charge >= 0.3 is 5.97 Å². The van der Waals surface area contributed by atoms with Gasteiger partial charge in [0.15, 0.2) is 0 Å². The number of rotatable bonds is 3. The zero-order chi connectivity index (χ0) is 10.7. The van der Waals surface area contributed by atoms with Gasteiger partial charge in [-0.2, -0.15) is 0 Å². The van der Waals surface area contributed by atoms with Gasteiger partial charge in [0, 0.05) is 0 Å². The number of aliphatic carboxylic acids is 1. The Labute approximate surface area is 80.3 Å². The molecular formula is C9H11FN2O2. The van der Waals surface area contributed by atoms with Gasteiger partial charge in [-0.3, -0.25) is 4.79 Å². The van der Waals surface area contributed by atoms with Crippen molar-refractivity contribution < 1.29 is 14.3 Å². The third kappa shape index (κ3) is 2.43. The smallest absolute Gasteiger partial charge is 0.320 e. The SMILES string of the molecule is Nc1cc(C[C@@H](N)C(=O)O)ccc1F. The van der Waals surface area contributed by atoms with E-state index in [-0.39, 0.29) is 12.1 Å². The number of nitrogens with two attached hydrogens (primary N) is 2. The molecule has 0 aliphatic carbocycles. The van der Waals surface area contributed by atoms with Gasteiger partial charge < -0.3 is 16.6 Å². The van der Waals surface area contributed by atoms with E-state index >= 15 is 0 Å². The quantitative estimate of drug-likeness (QED) is 0.612. The molecule has 1 aromatic rings.